The standard InChI is InChI=1S/C17H24N2OS/c1-17(2)8-11-21-13-16(17)19-14-6-5-7-15(12-14)20-10-4-3-9-18/h5-7,12,16,19H,3-4,8,10-11,13H2,1-2H3. The van der Waals surface area contributed by atoms with Gasteiger partial charge in [-0.3, -0.25) is 0 Å². The highest BCUT2D eigenvalue weighted by Crippen LogP contribution is 2.36. The van der Waals surface area contributed by atoms with Gasteiger partial charge in [-0.15, -0.1) is 0 Å². The van der Waals surface area contributed by atoms with Crippen molar-refractivity contribution in [1.29, 1.82) is 5.26 Å². The number of thioether (sulfide) groups is 1. The van der Waals surface area contributed by atoms with Gasteiger partial charge in [-0.05, 0) is 36.1 Å². The first-order chi connectivity index (χ1) is 10.1. The minimum Gasteiger partial charge on any atom is -0.493 e. The van der Waals surface area contributed by atoms with E-state index in [1.54, 1.807) is 0 Å². The number of nitriles is 1. The highest BCUT2D eigenvalue weighted by atomic mass is 32.2. The van der Waals surface area contributed by atoms with Gasteiger partial charge in [-0.1, -0.05) is 19.9 Å². The van der Waals surface area contributed by atoms with Crippen LogP contribution in [-0.4, -0.2) is 24.2 Å². The lowest BCUT2D eigenvalue weighted by atomic mass is 9.82. The van der Waals surface area contributed by atoms with Crippen LogP contribution >= 0.6 is 11.8 Å². The van der Waals surface area contributed by atoms with Crippen molar-refractivity contribution in [3.05, 3.63) is 24.3 Å². The molecule has 1 aromatic rings. The van der Waals surface area contributed by atoms with Crippen LogP contribution in [-0.2, 0) is 0 Å². The molecule has 1 N–H and O–H groups in total. The normalized spacial score (nSPS) is 20.5. The monoisotopic (exact) mass is 304 g/mol. The molecule has 1 heterocycles. The van der Waals surface area contributed by atoms with E-state index in [0.717, 1.165) is 23.6 Å². The summed E-state index contributed by atoms with van der Waals surface area (Å²) in [6.45, 7) is 5.28. The van der Waals surface area contributed by atoms with Crippen LogP contribution in [0.5, 0.6) is 5.75 Å². The summed E-state index contributed by atoms with van der Waals surface area (Å²) in [4.78, 5) is 0. The third-order valence-corrected chi connectivity index (χ3v) is 5.06. The van der Waals surface area contributed by atoms with Crippen LogP contribution in [0.15, 0.2) is 24.3 Å². The third kappa shape index (κ3) is 4.86. The van der Waals surface area contributed by atoms with Crippen molar-refractivity contribution in [2.24, 2.45) is 5.41 Å². The molecule has 114 valence electrons. The number of rotatable bonds is 6. The number of anilines is 1. The Balaban J connectivity index is 1.93. The van der Waals surface area contributed by atoms with Crippen LogP contribution in [0.25, 0.3) is 0 Å². The van der Waals surface area contributed by atoms with E-state index in [-0.39, 0.29) is 0 Å². The van der Waals surface area contributed by atoms with Gasteiger partial charge in [0.2, 0.25) is 0 Å². The molecule has 0 bridgehead atoms. The number of hydrogen-bond acceptors (Lipinski definition) is 4. The predicted molar refractivity (Wildman–Crippen MR) is 89.9 cm³/mol. The topological polar surface area (TPSA) is 45.0 Å². The predicted octanol–water partition coefficient (Wildman–Crippen LogP) is 4.31. The Morgan fingerprint density at radius 2 is 2.33 bits per heavy atom. The summed E-state index contributed by atoms with van der Waals surface area (Å²) in [6.07, 6.45) is 2.57. The number of hydrogen-bond donors (Lipinski definition) is 1. The van der Waals surface area contributed by atoms with Crippen molar-refractivity contribution in [1.82, 2.24) is 0 Å². The minimum absolute atomic E-state index is 0.328. The first kappa shape index (κ1) is 16.0. The second kappa shape index (κ2) is 7.61. The molecule has 1 saturated heterocycles. The Kier molecular flexibility index (Phi) is 5.81. The summed E-state index contributed by atoms with van der Waals surface area (Å²) in [7, 11) is 0. The smallest absolute Gasteiger partial charge is 0.121 e. The lowest BCUT2D eigenvalue weighted by Crippen LogP contribution is -2.41. The summed E-state index contributed by atoms with van der Waals surface area (Å²) >= 11 is 2.02. The molecule has 1 atom stereocenters. The molecular weight excluding hydrogens is 280 g/mol. The lowest BCUT2D eigenvalue weighted by Gasteiger charge is -2.39. The average molecular weight is 304 g/mol. The Bertz CT molecular complexity index is 496. The molecule has 1 aliphatic rings. The molecule has 0 aromatic heterocycles. The zero-order valence-corrected chi connectivity index (χ0v) is 13.7. The minimum atomic E-state index is 0.328. The molecule has 21 heavy (non-hydrogen) atoms. The van der Waals surface area contributed by atoms with E-state index in [0.29, 0.717) is 24.5 Å². The number of nitrogens with zero attached hydrogens (tertiary/aromatic N) is 1. The van der Waals surface area contributed by atoms with Crippen LogP contribution in [0.2, 0.25) is 0 Å². The largest absolute Gasteiger partial charge is 0.493 e. The molecule has 2 rings (SSSR count). The van der Waals surface area contributed by atoms with Gasteiger partial charge >= 0.3 is 0 Å². The molecule has 0 spiro atoms. The van der Waals surface area contributed by atoms with Crippen molar-refractivity contribution < 1.29 is 4.74 Å². The molecular formula is C17H24N2OS. The lowest BCUT2D eigenvalue weighted by molar-refractivity contribution is 0.304. The third-order valence-electron chi connectivity index (χ3n) is 4.00. The number of benzene rings is 1. The first-order valence-corrected chi connectivity index (χ1v) is 8.71. The fourth-order valence-electron chi connectivity index (χ4n) is 2.39. The van der Waals surface area contributed by atoms with Gasteiger partial charge in [0.25, 0.3) is 0 Å². The van der Waals surface area contributed by atoms with Crippen molar-refractivity contribution in [3.63, 3.8) is 0 Å². The van der Waals surface area contributed by atoms with Crippen LogP contribution in [0.1, 0.15) is 33.1 Å². The summed E-state index contributed by atoms with van der Waals surface area (Å²) in [6, 6.07) is 10.8. The summed E-state index contributed by atoms with van der Waals surface area (Å²) in [5.41, 5.74) is 1.45. The molecule has 1 unspecified atom stereocenters. The number of unbranched alkanes of at least 4 members (excludes halogenated alkanes) is 1. The molecule has 0 aliphatic carbocycles. The van der Waals surface area contributed by atoms with Gasteiger partial charge in [-0.2, -0.15) is 17.0 Å². The van der Waals surface area contributed by atoms with Crippen LogP contribution in [0.3, 0.4) is 0 Å². The van der Waals surface area contributed by atoms with E-state index in [4.69, 9.17) is 10.00 Å². The summed E-state index contributed by atoms with van der Waals surface area (Å²) in [5, 5.41) is 12.2. The van der Waals surface area contributed by atoms with Gasteiger partial charge in [0.15, 0.2) is 0 Å². The fraction of sp³-hybridized carbons (Fsp3) is 0.588. The molecule has 1 aromatic carbocycles. The SMILES string of the molecule is CC1(C)CCSCC1Nc1cccc(OCCCC#N)c1. The highest BCUT2D eigenvalue weighted by Gasteiger charge is 2.32. The van der Waals surface area contributed by atoms with E-state index < -0.39 is 0 Å². The van der Waals surface area contributed by atoms with Crippen molar-refractivity contribution in [2.75, 3.05) is 23.4 Å². The second-order valence-electron chi connectivity index (χ2n) is 6.15. The van der Waals surface area contributed by atoms with E-state index in [9.17, 15) is 0 Å². The second-order valence-corrected chi connectivity index (χ2v) is 7.30. The molecule has 3 nitrogen and oxygen atoms in total. The Hall–Kier alpha value is -1.34. The van der Waals surface area contributed by atoms with E-state index in [1.165, 1.54) is 12.2 Å². The quantitative estimate of drug-likeness (QED) is 0.795. The summed E-state index contributed by atoms with van der Waals surface area (Å²) < 4.78 is 5.69. The maximum atomic E-state index is 8.52. The van der Waals surface area contributed by atoms with Crippen molar-refractivity contribution in [2.45, 2.75) is 39.2 Å². The van der Waals surface area contributed by atoms with Gasteiger partial charge < -0.3 is 10.1 Å². The average Bonchev–Trinajstić information content (AvgIpc) is 2.46. The molecule has 1 aliphatic heterocycles. The van der Waals surface area contributed by atoms with Crippen molar-refractivity contribution >= 4 is 17.4 Å². The van der Waals surface area contributed by atoms with Gasteiger partial charge in [0, 0.05) is 30.0 Å². The van der Waals surface area contributed by atoms with Crippen molar-refractivity contribution in [3.8, 4) is 11.8 Å². The Morgan fingerprint density at radius 1 is 1.48 bits per heavy atom. The molecule has 0 radical (unpaired) electrons. The Morgan fingerprint density at radius 3 is 3.10 bits per heavy atom. The maximum absolute atomic E-state index is 8.52. The van der Waals surface area contributed by atoms with E-state index in [2.05, 4.69) is 37.4 Å². The Labute approximate surface area is 132 Å². The number of nitrogens with one attached hydrogen (secondary N) is 1. The van der Waals surface area contributed by atoms with Gasteiger partial charge in [0.05, 0.1) is 12.7 Å². The van der Waals surface area contributed by atoms with E-state index in [1.807, 2.05) is 23.9 Å². The molecule has 4 heteroatoms. The highest BCUT2D eigenvalue weighted by molar-refractivity contribution is 7.99. The fourth-order valence-corrected chi connectivity index (χ4v) is 4.00. The van der Waals surface area contributed by atoms with Gasteiger partial charge in [0.1, 0.15) is 5.75 Å². The molecule has 1 fully saturated rings. The zero-order valence-electron chi connectivity index (χ0n) is 12.9. The van der Waals surface area contributed by atoms with E-state index >= 15 is 0 Å². The molecule has 0 amide bonds. The molecule has 0 saturated carbocycles. The summed E-state index contributed by atoms with van der Waals surface area (Å²) in [5.74, 6) is 3.28. The first-order valence-electron chi connectivity index (χ1n) is 7.56. The van der Waals surface area contributed by atoms with Crippen LogP contribution in [0, 0.1) is 16.7 Å². The number of ether oxygens (including phenoxy) is 1. The van der Waals surface area contributed by atoms with Crippen LogP contribution in [0.4, 0.5) is 5.69 Å². The maximum Gasteiger partial charge on any atom is 0.121 e. The van der Waals surface area contributed by atoms with Gasteiger partial charge in [-0.25, -0.2) is 0 Å². The van der Waals surface area contributed by atoms with Crippen LogP contribution < -0.4 is 10.1 Å². The zero-order chi connectivity index (χ0) is 15.1.